The summed E-state index contributed by atoms with van der Waals surface area (Å²) in [6.07, 6.45) is 1.19. The first-order valence-corrected chi connectivity index (χ1v) is 9.33. The molecule has 4 heterocycles. The molecule has 4 rings (SSSR count). The predicted molar refractivity (Wildman–Crippen MR) is 87.6 cm³/mol. The number of thiophene rings is 2. The van der Waals surface area contributed by atoms with Crippen molar-refractivity contribution < 1.29 is 0 Å². The van der Waals surface area contributed by atoms with Gasteiger partial charge in [0.1, 0.15) is 5.01 Å². The van der Waals surface area contributed by atoms with Gasteiger partial charge in [0.05, 0.1) is 5.69 Å². The Morgan fingerprint density at radius 1 is 1.15 bits per heavy atom. The minimum Gasteiger partial charge on any atom is -0.293 e. The van der Waals surface area contributed by atoms with Crippen LogP contribution in [0, 0.1) is 0 Å². The number of nitrogens with zero attached hydrogens (tertiary/aromatic N) is 2. The van der Waals surface area contributed by atoms with Crippen LogP contribution in [0.15, 0.2) is 33.7 Å². The van der Waals surface area contributed by atoms with Gasteiger partial charge in [-0.05, 0) is 34.9 Å². The maximum atomic E-state index is 4.78. The molecular weight excluding hydrogens is 304 g/mol. The van der Waals surface area contributed by atoms with Crippen molar-refractivity contribution in [3.8, 4) is 10.6 Å². The lowest BCUT2D eigenvalue weighted by Gasteiger charge is -2.25. The van der Waals surface area contributed by atoms with Crippen molar-refractivity contribution in [2.75, 3.05) is 6.54 Å². The first-order chi connectivity index (χ1) is 9.88. The number of fused-ring (bicyclic) bond motifs is 1. The van der Waals surface area contributed by atoms with Gasteiger partial charge >= 0.3 is 0 Å². The lowest BCUT2D eigenvalue weighted by molar-refractivity contribution is 0.245. The monoisotopic (exact) mass is 318 g/mol. The van der Waals surface area contributed by atoms with Crippen molar-refractivity contribution in [1.82, 2.24) is 9.88 Å². The minimum absolute atomic E-state index is 0.968. The molecular formula is C15H14N2S3. The molecule has 0 N–H and O–H groups in total. The van der Waals surface area contributed by atoms with Gasteiger partial charge in [0, 0.05) is 40.8 Å². The molecule has 0 atom stereocenters. The van der Waals surface area contributed by atoms with Gasteiger partial charge in [0.15, 0.2) is 0 Å². The smallest absolute Gasteiger partial charge is 0.124 e. The van der Waals surface area contributed by atoms with Crippen LogP contribution in [0.3, 0.4) is 0 Å². The molecule has 0 radical (unpaired) electrons. The van der Waals surface area contributed by atoms with Gasteiger partial charge in [-0.1, -0.05) is 0 Å². The molecule has 102 valence electrons. The summed E-state index contributed by atoms with van der Waals surface area (Å²) in [5.74, 6) is 0. The van der Waals surface area contributed by atoms with Crippen LogP contribution >= 0.6 is 34.0 Å². The van der Waals surface area contributed by atoms with E-state index in [-0.39, 0.29) is 0 Å². The highest BCUT2D eigenvalue weighted by Gasteiger charge is 2.18. The molecule has 0 aliphatic carbocycles. The summed E-state index contributed by atoms with van der Waals surface area (Å²) in [6.45, 7) is 3.19. The number of hydrogen-bond donors (Lipinski definition) is 0. The normalized spacial score (nSPS) is 15.4. The van der Waals surface area contributed by atoms with E-state index in [4.69, 9.17) is 4.98 Å². The molecule has 1 aliphatic rings. The summed E-state index contributed by atoms with van der Waals surface area (Å²) in [6, 6.07) is 4.41. The molecule has 0 fully saturated rings. The maximum absolute atomic E-state index is 4.78. The Bertz CT molecular complexity index is 696. The fraction of sp³-hybridized carbons (Fsp3) is 0.267. The van der Waals surface area contributed by atoms with Crippen molar-refractivity contribution >= 4 is 34.0 Å². The summed E-state index contributed by atoms with van der Waals surface area (Å²) in [5.41, 5.74) is 3.97. The van der Waals surface area contributed by atoms with Crippen molar-refractivity contribution in [2.45, 2.75) is 19.5 Å². The zero-order valence-corrected chi connectivity index (χ0v) is 13.4. The SMILES string of the molecule is c1cc(-c2nc(CN3CCc4sccc4C3)cs2)cs1. The summed E-state index contributed by atoms with van der Waals surface area (Å²) in [5, 5.41) is 9.84. The Labute approximate surface area is 130 Å². The van der Waals surface area contributed by atoms with Gasteiger partial charge in [-0.3, -0.25) is 4.90 Å². The lowest BCUT2D eigenvalue weighted by atomic mass is 10.1. The third-order valence-electron chi connectivity index (χ3n) is 3.59. The number of rotatable bonds is 3. The van der Waals surface area contributed by atoms with Crippen molar-refractivity contribution in [3.63, 3.8) is 0 Å². The highest BCUT2D eigenvalue weighted by atomic mass is 32.1. The first-order valence-electron chi connectivity index (χ1n) is 6.63. The van der Waals surface area contributed by atoms with E-state index in [1.807, 2.05) is 11.3 Å². The Hall–Kier alpha value is -1.01. The number of hydrogen-bond acceptors (Lipinski definition) is 5. The topological polar surface area (TPSA) is 16.1 Å². The quantitative estimate of drug-likeness (QED) is 0.707. The second-order valence-electron chi connectivity index (χ2n) is 4.99. The van der Waals surface area contributed by atoms with E-state index in [1.54, 1.807) is 27.6 Å². The molecule has 3 aromatic heterocycles. The van der Waals surface area contributed by atoms with E-state index < -0.39 is 0 Å². The second-order valence-corrected chi connectivity index (χ2v) is 7.62. The van der Waals surface area contributed by atoms with Crippen LogP contribution in [0.4, 0.5) is 0 Å². The molecule has 20 heavy (non-hydrogen) atoms. The fourth-order valence-corrected chi connectivity index (χ4v) is 4.98. The third kappa shape index (κ3) is 2.46. The summed E-state index contributed by atoms with van der Waals surface area (Å²) < 4.78 is 0. The average molecular weight is 318 g/mol. The van der Waals surface area contributed by atoms with E-state index >= 15 is 0 Å². The van der Waals surface area contributed by atoms with Crippen LogP contribution < -0.4 is 0 Å². The van der Waals surface area contributed by atoms with Gasteiger partial charge in [0.25, 0.3) is 0 Å². The van der Waals surface area contributed by atoms with E-state index in [2.05, 4.69) is 38.6 Å². The fourth-order valence-electron chi connectivity index (χ4n) is 2.57. The van der Waals surface area contributed by atoms with Gasteiger partial charge in [-0.25, -0.2) is 4.98 Å². The molecule has 1 aliphatic heterocycles. The molecule has 0 spiro atoms. The first kappa shape index (κ1) is 12.7. The Balaban J connectivity index is 1.48. The molecule has 2 nitrogen and oxygen atoms in total. The summed E-state index contributed by atoms with van der Waals surface area (Å²) in [4.78, 5) is 8.85. The third-order valence-corrected chi connectivity index (χ3v) is 6.24. The highest BCUT2D eigenvalue weighted by molar-refractivity contribution is 7.14. The Morgan fingerprint density at radius 3 is 3.05 bits per heavy atom. The van der Waals surface area contributed by atoms with Crippen LogP contribution in [0.1, 0.15) is 16.1 Å². The van der Waals surface area contributed by atoms with Gasteiger partial charge in [-0.15, -0.1) is 22.7 Å². The number of aromatic nitrogens is 1. The molecule has 0 aromatic carbocycles. The largest absolute Gasteiger partial charge is 0.293 e. The van der Waals surface area contributed by atoms with Crippen molar-refractivity contribution in [2.24, 2.45) is 0 Å². The maximum Gasteiger partial charge on any atom is 0.124 e. The Morgan fingerprint density at radius 2 is 2.15 bits per heavy atom. The second kappa shape index (κ2) is 5.41. The molecule has 0 saturated heterocycles. The molecule has 5 heteroatoms. The predicted octanol–water partition coefficient (Wildman–Crippen LogP) is 4.49. The Kier molecular flexibility index (Phi) is 3.44. The van der Waals surface area contributed by atoms with E-state index in [0.29, 0.717) is 0 Å². The van der Waals surface area contributed by atoms with Gasteiger partial charge in [-0.2, -0.15) is 11.3 Å². The highest BCUT2D eigenvalue weighted by Crippen LogP contribution is 2.28. The summed E-state index contributed by atoms with van der Waals surface area (Å²) >= 11 is 5.38. The van der Waals surface area contributed by atoms with E-state index in [9.17, 15) is 0 Å². The molecule has 0 saturated carbocycles. The van der Waals surface area contributed by atoms with Crippen LogP contribution in [0.5, 0.6) is 0 Å². The van der Waals surface area contributed by atoms with Crippen LogP contribution in [-0.2, 0) is 19.5 Å². The van der Waals surface area contributed by atoms with Gasteiger partial charge < -0.3 is 0 Å². The molecule has 0 unspecified atom stereocenters. The zero-order chi connectivity index (χ0) is 13.4. The number of thiazole rings is 1. The molecule has 0 amide bonds. The van der Waals surface area contributed by atoms with Crippen LogP contribution in [0.2, 0.25) is 0 Å². The van der Waals surface area contributed by atoms with E-state index in [1.165, 1.54) is 23.2 Å². The van der Waals surface area contributed by atoms with E-state index in [0.717, 1.165) is 24.6 Å². The van der Waals surface area contributed by atoms with Gasteiger partial charge in [0.2, 0.25) is 0 Å². The molecule has 0 bridgehead atoms. The van der Waals surface area contributed by atoms with Crippen LogP contribution in [0.25, 0.3) is 10.6 Å². The molecule has 3 aromatic rings. The lowest BCUT2D eigenvalue weighted by Crippen LogP contribution is -2.29. The standard InChI is InChI=1S/C15H14N2S3/c1-4-17(7-11-3-6-19-14(1)11)8-13-10-20-15(16-13)12-2-5-18-9-12/h2-3,5-6,9-10H,1,4,7-8H2. The van der Waals surface area contributed by atoms with Crippen LogP contribution in [-0.4, -0.2) is 16.4 Å². The summed E-state index contributed by atoms with van der Waals surface area (Å²) in [7, 11) is 0. The zero-order valence-electron chi connectivity index (χ0n) is 10.9. The van der Waals surface area contributed by atoms with Crippen molar-refractivity contribution in [3.05, 3.63) is 49.8 Å². The minimum atomic E-state index is 0.968. The van der Waals surface area contributed by atoms with Crippen molar-refractivity contribution in [1.29, 1.82) is 0 Å². The average Bonchev–Trinajstić information content (AvgIpc) is 3.19.